The molecule has 128 valence electrons. The molecule has 1 aromatic carbocycles. The number of rotatable bonds is 4. The lowest BCUT2D eigenvalue weighted by molar-refractivity contribution is 0.252. The molecule has 0 atom stereocenters. The molecule has 0 spiro atoms. The van der Waals surface area contributed by atoms with Gasteiger partial charge in [0.05, 0.1) is 0 Å². The molecule has 5 nitrogen and oxygen atoms in total. The first-order valence-electron chi connectivity index (χ1n) is 8.52. The molecule has 0 saturated heterocycles. The third-order valence-electron chi connectivity index (χ3n) is 4.19. The maximum atomic E-state index is 11.8. The first-order chi connectivity index (χ1) is 12.1. The van der Waals surface area contributed by atoms with Crippen LogP contribution in [0, 0.1) is 6.92 Å². The summed E-state index contributed by atoms with van der Waals surface area (Å²) in [7, 11) is 0. The number of benzene rings is 1. The number of carbonyl (C=O) groups is 1. The maximum Gasteiger partial charge on any atom is 0.320 e. The summed E-state index contributed by atoms with van der Waals surface area (Å²) in [6.07, 6.45) is 4.55. The molecule has 5 heteroatoms. The van der Waals surface area contributed by atoms with E-state index in [1.807, 2.05) is 31.5 Å². The third-order valence-corrected chi connectivity index (χ3v) is 4.19. The Morgan fingerprint density at radius 3 is 2.68 bits per heavy atom. The van der Waals surface area contributed by atoms with Crippen LogP contribution in [0.1, 0.15) is 25.1 Å². The number of carbonyl (C=O) groups excluding carboxylic acids is 1. The quantitative estimate of drug-likeness (QED) is 0.747. The predicted molar refractivity (Wildman–Crippen MR) is 102 cm³/mol. The third kappa shape index (κ3) is 3.60. The molecule has 2 aromatic heterocycles. The Balaban J connectivity index is 2.11. The fourth-order valence-corrected chi connectivity index (χ4v) is 2.86. The van der Waals surface area contributed by atoms with E-state index in [1.165, 1.54) is 0 Å². The molecule has 25 heavy (non-hydrogen) atoms. The number of nitrogens with zero attached hydrogens (tertiary/aromatic N) is 2. The second kappa shape index (κ2) is 7.30. The average Bonchev–Trinajstić information content (AvgIpc) is 2.62. The van der Waals surface area contributed by atoms with Gasteiger partial charge < -0.3 is 5.32 Å². The summed E-state index contributed by atoms with van der Waals surface area (Å²) in [5, 5.41) is 7.64. The van der Waals surface area contributed by atoms with Gasteiger partial charge in [-0.15, -0.1) is 0 Å². The Kier molecular flexibility index (Phi) is 4.93. The van der Waals surface area contributed by atoms with Crippen LogP contribution in [0.15, 0.2) is 42.7 Å². The van der Waals surface area contributed by atoms with E-state index in [0.717, 1.165) is 39.6 Å². The highest BCUT2D eigenvalue weighted by atomic mass is 16.2. The highest BCUT2D eigenvalue weighted by Gasteiger charge is 2.10. The monoisotopic (exact) mass is 334 g/mol. The second-order valence-corrected chi connectivity index (χ2v) is 5.92. The van der Waals surface area contributed by atoms with Crippen molar-refractivity contribution in [3.63, 3.8) is 0 Å². The van der Waals surface area contributed by atoms with Crippen LogP contribution in [0.2, 0.25) is 0 Å². The van der Waals surface area contributed by atoms with Gasteiger partial charge in [0.15, 0.2) is 0 Å². The van der Waals surface area contributed by atoms with Crippen LogP contribution in [0.25, 0.3) is 21.9 Å². The Morgan fingerprint density at radius 2 is 1.92 bits per heavy atom. The number of hydrogen-bond donors (Lipinski definition) is 2. The molecule has 0 aliphatic heterocycles. The van der Waals surface area contributed by atoms with Crippen LogP contribution in [-0.2, 0) is 6.42 Å². The summed E-state index contributed by atoms with van der Waals surface area (Å²) in [5.74, 6) is 0.537. The Labute approximate surface area is 147 Å². The zero-order valence-electron chi connectivity index (χ0n) is 14.8. The molecular formula is C20H22N4O. The first kappa shape index (κ1) is 16.9. The number of nitrogens with one attached hydrogen (secondary N) is 2. The smallest absolute Gasteiger partial charge is 0.320 e. The van der Waals surface area contributed by atoms with E-state index < -0.39 is 0 Å². The minimum Gasteiger partial charge on any atom is -0.338 e. The van der Waals surface area contributed by atoms with Crippen molar-refractivity contribution < 1.29 is 4.79 Å². The van der Waals surface area contributed by atoms with E-state index in [1.54, 1.807) is 0 Å². The lowest BCUT2D eigenvalue weighted by Gasteiger charge is -2.12. The van der Waals surface area contributed by atoms with Crippen LogP contribution in [0.5, 0.6) is 0 Å². The summed E-state index contributed by atoms with van der Waals surface area (Å²) < 4.78 is 0. The van der Waals surface area contributed by atoms with E-state index in [-0.39, 0.29) is 6.03 Å². The lowest BCUT2D eigenvalue weighted by atomic mass is 9.96. The molecule has 2 heterocycles. The average molecular weight is 334 g/mol. The predicted octanol–water partition coefficient (Wildman–Crippen LogP) is 4.31. The number of pyridine rings is 2. The van der Waals surface area contributed by atoms with E-state index >= 15 is 0 Å². The van der Waals surface area contributed by atoms with Crippen LogP contribution in [0.3, 0.4) is 0 Å². The lowest BCUT2D eigenvalue weighted by Crippen LogP contribution is -2.28. The highest BCUT2D eigenvalue weighted by molar-refractivity contribution is 6.00. The molecule has 0 aliphatic carbocycles. The van der Waals surface area contributed by atoms with Gasteiger partial charge in [-0.1, -0.05) is 19.1 Å². The molecule has 3 rings (SSSR count). The number of aromatic nitrogens is 2. The standard InChI is InChI=1S/C20H22N4O/c1-4-15-10-14(8-9-22-15)16-7-6-13(3)18-12-23-19(11-17(16)18)24-20(25)21-5-2/h6-12H,4-5H2,1-3H3,(H2,21,23,24,25). The minimum absolute atomic E-state index is 0.249. The number of hydrogen-bond acceptors (Lipinski definition) is 3. The van der Waals surface area contributed by atoms with E-state index in [0.29, 0.717) is 12.4 Å². The van der Waals surface area contributed by atoms with Crippen LogP contribution >= 0.6 is 0 Å². The summed E-state index contributed by atoms with van der Waals surface area (Å²) in [4.78, 5) is 20.5. The van der Waals surface area contributed by atoms with Gasteiger partial charge in [0.25, 0.3) is 0 Å². The van der Waals surface area contributed by atoms with Crippen molar-refractivity contribution in [3.8, 4) is 11.1 Å². The van der Waals surface area contributed by atoms with E-state index in [2.05, 4.69) is 52.6 Å². The summed E-state index contributed by atoms with van der Waals surface area (Å²) >= 11 is 0. The molecule has 0 unspecified atom stereocenters. The van der Waals surface area contributed by atoms with Crippen molar-refractivity contribution in [2.45, 2.75) is 27.2 Å². The summed E-state index contributed by atoms with van der Waals surface area (Å²) in [6, 6.07) is 10.0. The molecule has 0 radical (unpaired) electrons. The molecule has 0 aliphatic rings. The number of fused-ring (bicyclic) bond motifs is 1. The Morgan fingerprint density at radius 1 is 1.08 bits per heavy atom. The topological polar surface area (TPSA) is 66.9 Å². The molecule has 3 aromatic rings. The molecule has 0 bridgehead atoms. The molecular weight excluding hydrogens is 312 g/mol. The first-order valence-corrected chi connectivity index (χ1v) is 8.52. The van der Waals surface area contributed by atoms with Gasteiger partial charge in [0, 0.05) is 30.0 Å². The second-order valence-electron chi connectivity index (χ2n) is 5.92. The van der Waals surface area contributed by atoms with E-state index in [4.69, 9.17) is 0 Å². The largest absolute Gasteiger partial charge is 0.338 e. The molecule has 0 fully saturated rings. The van der Waals surface area contributed by atoms with Crippen LogP contribution < -0.4 is 10.6 Å². The Bertz CT molecular complexity index is 921. The number of amides is 2. The molecule has 0 saturated carbocycles. The number of urea groups is 1. The van der Waals surface area contributed by atoms with Crippen molar-refractivity contribution >= 4 is 22.6 Å². The Hall–Kier alpha value is -2.95. The van der Waals surface area contributed by atoms with Crippen molar-refractivity contribution in [1.82, 2.24) is 15.3 Å². The van der Waals surface area contributed by atoms with Gasteiger partial charge >= 0.3 is 6.03 Å². The minimum atomic E-state index is -0.249. The van der Waals surface area contributed by atoms with Crippen molar-refractivity contribution in [2.24, 2.45) is 0 Å². The van der Waals surface area contributed by atoms with Crippen LogP contribution in [0.4, 0.5) is 10.6 Å². The van der Waals surface area contributed by atoms with Crippen molar-refractivity contribution in [1.29, 1.82) is 0 Å². The number of aryl methyl sites for hydroxylation is 2. The zero-order chi connectivity index (χ0) is 17.8. The van der Waals surface area contributed by atoms with Gasteiger partial charge in [-0.2, -0.15) is 0 Å². The number of anilines is 1. The van der Waals surface area contributed by atoms with Gasteiger partial charge in [-0.3, -0.25) is 10.3 Å². The van der Waals surface area contributed by atoms with E-state index in [9.17, 15) is 4.79 Å². The highest BCUT2D eigenvalue weighted by Crippen LogP contribution is 2.31. The maximum absolute atomic E-state index is 11.8. The fraction of sp³-hybridized carbons (Fsp3) is 0.250. The normalized spacial score (nSPS) is 10.7. The fourth-order valence-electron chi connectivity index (χ4n) is 2.86. The SMILES string of the molecule is CCNC(=O)Nc1cc2c(-c3ccnc(CC)c3)ccc(C)c2cn1. The van der Waals surface area contributed by atoms with Gasteiger partial charge in [-0.25, -0.2) is 9.78 Å². The van der Waals surface area contributed by atoms with Crippen LogP contribution in [-0.4, -0.2) is 22.5 Å². The van der Waals surface area contributed by atoms with Gasteiger partial charge in [0.2, 0.25) is 0 Å². The van der Waals surface area contributed by atoms with Gasteiger partial charge in [0.1, 0.15) is 5.82 Å². The van der Waals surface area contributed by atoms with Crippen molar-refractivity contribution in [2.75, 3.05) is 11.9 Å². The molecule has 2 N–H and O–H groups in total. The van der Waals surface area contributed by atoms with Gasteiger partial charge in [-0.05, 0) is 60.5 Å². The molecule has 2 amide bonds. The summed E-state index contributed by atoms with van der Waals surface area (Å²) in [5.41, 5.74) is 4.44. The summed E-state index contributed by atoms with van der Waals surface area (Å²) in [6.45, 7) is 6.61. The zero-order valence-corrected chi connectivity index (χ0v) is 14.8. The van der Waals surface area contributed by atoms with Crippen molar-refractivity contribution in [3.05, 3.63) is 54.0 Å².